The van der Waals surface area contributed by atoms with Crippen LogP contribution < -0.4 is 5.73 Å². The van der Waals surface area contributed by atoms with Crippen LogP contribution in [-0.4, -0.2) is 10.1 Å². The molecule has 0 aliphatic carbocycles. The van der Waals surface area contributed by atoms with E-state index >= 15 is 0 Å². The number of aromatic amines is 1. The van der Waals surface area contributed by atoms with Crippen LogP contribution in [0.15, 0.2) is 18.2 Å². The average molecular weight is 190 g/mol. The molecule has 1 aromatic heterocycles. The highest BCUT2D eigenvalue weighted by molar-refractivity contribution is 5.87. The average Bonchev–Trinajstić information content (AvgIpc) is 2.46. The number of phenolic OH excluding ortho intramolecular Hbond substituents is 1. The van der Waals surface area contributed by atoms with Gasteiger partial charge < -0.3 is 15.8 Å². The number of hydrogen-bond acceptors (Lipinski definition) is 2. The van der Waals surface area contributed by atoms with Crippen molar-refractivity contribution in [2.75, 3.05) is 0 Å². The van der Waals surface area contributed by atoms with Crippen LogP contribution in [0, 0.1) is 6.92 Å². The summed E-state index contributed by atoms with van der Waals surface area (Å²) in [7, 11) is 0. The molecule has 0 spiro atoms. The van der Waals surface area contributed by atoms with Gasteiger partial charge >= 0.3 is 0 Å². The van der Waals surface area contributed by atoms with Gasteiger partial charge in [-0.1, -0.05) is 6.07 Å². The van der Waals surface area contributed by atoms with Crippen LogP contribution in [0.2, 0.25) is 0 Å². The molecule has 0 aliphatic heterocycles. The van der Waals surface area contributed by atoms with Crippen LogP contribution in [0.3, 0.4) is 0 Å². The van der Waals surface area contributed by atoms with Crippen molar-refractivity contribution in [3.05, 3.63) is 29.5 Å². The van der Waals surface area contributed by atoms with Gasteiger partial charge in [-0.2, -0.15) is 0 Å². The Labute approximate surface area is 82.6 Å². The first kappa shape index (κ1) is 9.09. The van der Waals surface area contributed by atoms with Crippen molar-refractivity contribution in [3.8, 4) is 5.75 Å². The van der Waals surface area contributed by atoms with Gasteiger partial charge in [0, 0.05) is 28.2 Å². The van der Waals surface area contributed by atoms with E-state index in [4.69, 9.17) is 5.73 Å². The zero-order valence-electron chi connectivity index (χ0n) is 8.33. The molecule has 1 unspecified atom stereocenters. The third kappa shape index (κ3) is 1.26. The number of benzene rings is 1. The number of fused-ring (bicyclic) bond motifs is 1. The van der Waals surface area contributed by atoms with Crippen molar-refractivity contribution >= 4 is 10.9 Å². The summed E-state index contributed by atoms with van der Waals surface area (Å²) < 4.78 is 0. The van der Waals surface area contributed by atoms with E-state index < -0.39 is 0 Å². The number of phenols is 1. The van der Waals surface area contributed by atoms with Gasteiger partial charge in [0.15, 0.2) is 0 Å². The normalized spacial score (nSPS) is 13.4. The van der Waals surface area contributed by atoms with Gasteiger partial charge in [0.2, 0.25) is 0 Å². The minimum absolute atomic E-state index is 0.144. The van der Waals surface area contributed by atoms with Crippen molar-refractivity contribution in [2.24, 2.45) is 5.73 Å². The van der Waals surface area contributed by atoms with Crippen LogP contribution in [-0.2, 0) is 0 Å². The highest BCUT2D eigenvalue weighted by atomic mass is 16.3. The lowest BCUT2D eigenvalue weighted by Crippen LogP contribution is -2.04. The molecule has 0 bridgehead atoms. The number of nitrogens with one attached hydrogen (secondary N) is 1. The number of aromatic nitrogens is 1. The molecular formula is C11H14N2O. The van der Waals surface area contributed by atoms with Gasteiger partial charge in [0.05, 0.1) is 0 Å². The fourth-order valence-corrected chi connectivity index (χ4v) is 1.71. The standard InChI is InChI=1S/C11H14N2O/c1-6-5-9-10(13-6)4-3-8(7(2)12)11(9)14/h3-5,7,13-14H,12H2,1-2H3. The Hall–Kier alpha value is -1.48. The maximum Gasteiger partial charge on any atom is 0.129 e. The Bertz CT molecular complexity index is 471. The van der Waals surface area contributed by atoms with Gasteiger partial charge in [0.1, 0.15) is 5.75 Å². The van der Waals surface area contributed by atoms with Crippen molar-refractivity contribution in [3.63, 3.8) is 0 Å². The molecule has 3 heteroatoms. The van der Waals surface area contributed by atoms with Crippen molar-refractivity contribution in [1.82, 2.24) is 4.98 Å². The predicted octanol–water partition coefficient (Wildman–Crippen LogP) is 2.20. The second kappa shape index (κ2) is 3.03. The number of nitrogens with two attached hydrogens (primary N) is 1. The Morgan fingerprint density at radius 3 is 2.79 bits per heavy atom. The van der Waals surface area contributed by atoms with E-state index in [0.29, 0.717) is 5.75 Å². The van der Waals surface area contributed by atoms with E-state index in [9.17, 15) is 5.11 Å². The quantitative estimate of drug-likeness (QED) is 0.645. The van der Waals surface area contributed by atoms with Crippen LogP contribution >= 0.6 is 0 Å². The molecule has 4 N–H and O–H groups in total. The highest BCUT2D eigenvalue weighted by Crippen LogP contribution is 2.31. The topological polar surface area (TPSA) is 62.0 Å². The largest absolute Gasteiger partial charge is 0.507 e. The lowest BCUT2D eigenvalue weighted by atomic mass is 10.1. The van der Waals surface area contributed by atoms with Gasteiger partial charge in [-0.15, -0.1) is 0 Å². The molecule has 0 amide bonds. The number of rotatable bonds is 1. The first-order valence-corrected chi connectivity index (χ1v) is 4.66. The van der Waals surface area contributed by atoms with Crippen LogP contribution in [0.4, 0.5) is 0 Å². The van der Waals surface area contributed by atoms with E-state index in [1.165, 1.54) is 0 Å². The zero-order chi connectivity index (χ0) is 10.3. The van der Waals surface area contributed by atoms with Crippen molar-refractivity contribution in [2.45, 2.75) is 19.9 Å². The van der Waals surface area contributed by atoms with Gasteiger partial charge in [-0.3, -0.25) is 0 Å². The smallest absolute Gasteiger partial charge is 0.129 e. The third-order valence-corrected chi connectivity index (χ3v) is 2.43. The van der Waals surface area contributed by atoms with E-state index in [-0.39, 0.29) is 6.04 Å². The van der Waals surface area contributed by atoms with Crippen LogP contribution in [0.1, 0.15) is 24.2 Å². The molecule has 1 aromatic carbocycles. The summed E-state index contributed by atoms with van der Waals surface area (Å²) in [4.78, 5) is 3.16. The molecule has 0 fully saturated rings. The minimum atomic E-state index is -0.144. The SMILES string of the molecule is Cc1cc2c(O)c(C(C)N)ccc2[nH]1. The van der Waals surface area contributed by atoms with Crippen LogP contribution in [0.25, 0.3) is 10.9 Å². The van der Waals surface area contributed by atoms with Gasteiger partial charge in [-0.05, 0) is 26.0 Å². The Kier molecular flexibility index (Phi) is 1.97. The summed E-state index contributed by atoms with van der Waals surface area (Å²) >= 11 is 0. The molecule has 2 aromatic rings. The second-order valence-electron chi connectivity index (χ2n) is 3.71. The van der Waals surface area contributed by atoms with Gasteiger partial charge in [0.25, 0.3) is 0 Å². The van der Waals surface area contributed by atoms with E-state index in [0.717, 1.165) is 22.2 Å². The fraction of sp³-hybridized carbons (Fsp3) is 0.273. The van der Waals surface area contributed by atoms with Crippen LogP contribution in [0.5, 0.6) is 5.75 Å². The fourth-order valence-electron chi connectivity index (χ4n) is 1.71. The van der Waals surface area contributed by atoms with Gasteiger partial charge in [-0.25, -0.2) is 0 Å². The predicted molar refractivity (Wildman–Crippen MR) is 57.3 cm³/mol. The molecule has 0 saturated heterocycles. The monoisotopic (exact) mass is 190 g/mol. The lowest BCUT2D eigenvalue weighted by Gasteiger charge is -2.08. The molecule has 3 nitrogen and oxygen atoms in total. The number of aromatic hydroxyl groups is 1. The number of aryl methyl sites for hydroxylation is 1. The lowest BCUT2D eigenvalue weighted by molar-refractivity contribution is 0.470. The summed E-state index contributed by atoms with van der Waals surface area (Å²) in [6.45, 7) is 3.82. The maximum atomic E-state index is 9.93. The van der Waals surface area contributed by atoms with Crippen molar-refractivity contribution < 1.29 is 5.11 Å². The summed E-state index contributed by atoms with van der Waals surface area (Å²) in [5.41, 5.74) is 8.52. The highest BCUT2D eigenvalue weighted by Gasteiger charge is 2.10. The summed E-state index contributed by atoms with van der Waals surface area (Å²) in [6.07, 6.45) is 0. The molecule has 0 aliphatic rings. The second-order valence-corrected chi connectivity index (χ2v) is 3.71. The van der Waals surface area contributed by atoms with Crippen molar-refractivity contribution in [1.29, 1.82) is 0 Å². The zero-order valence-corrected chi connectivity index (χ0v) is 8.33. The van der Waals surface area contributed by atoms with E-state index in [2.05, 4.69) is 4.98 Å². The summed E-state index contributed by atoms with van der Waals surface area (Å²) in [5.74, 6) is 0.293. The molecular weight excluding hydrogens is 176 g/mol. The molecule has 74 valence electrons. The number of hydrogen-bond donors (Lipinski definition) is 3. The maximum absolute atomic E-state index is 9.93. The molecule has 14 heavy (non-hydrogen) atoms. The van der Waals surface area contributed by atoms with E-state index in [1.54, 1.807) is 0 Å². The van der Waals surface area contributed by atoms with E-state index in [1.807, 2.05) is 32.0 Å². The molecule has 2 rings (SSSR count). The molecule has 1 atom stereocenters. The molecule has 1 heterocycles. The first-order chi connectivity index (χ1) is 6.59. The third-order valence-electron chi connectivity index (χ3n) is 2.43. The molecule has 0 radical (unpaired) electrons. The number of H-pyrrole nitrogens is 1. The molecule has 0 saturated carbocycles. The summed E-state index contributed by atoms with van der Waals surface area (Å²) in [6, 6.07) is 5.59. The Morgan fingerprint density at radius 2 is 2.14 bits per heavy atom. The first-order valence-electron chi connectivity index (χ1n) is 4.66. The Morgan fingerprint density at radius 1 is 1.43 bits per heavy atom. The minimum Gasteiger partial charge on any atom is -0.507 e. The Balaban J connectivity index is 2.74. The summed E-state index contributed by atoms with van der Waals surface area (Å²) in [5, 5.41) is 10.8.